The van der Waals surface area contributed by atoms with Crippen molar-refractivity contribution in [2.24, 2.45) is 5.92 Å². The van der Waals surface area contributed by atoms with Crippen molar-refractivity contribution >= 4 is 33.8 Å². The van der Waals surface area contributed by atoms with Gasteiger partial charge in [-0.2, -0.15) is 31.6 Å². The van der Waals surface area contributed by atoms with Crippen molar-refractivity contribution in [3.63, 3.8) is 0 Å². The number of nitrogens with zero attached hydrogens (tertiary/aromatic N) is 1. The van der Waals surface area contributed by atoms with Crippen LogP contribution in [0.25, 0.3) is 21.9 Å². The number of ether oxygens (including phenoxy) is 1. The molecule has 3 atom stereocenters. The predicted octanol–water partition coefficient (Wildman–Crippen LogP) is 6.78. The second-order valence-electron chi connectivity index (χ2n) is 10.8. The van der Waals surface area contributed by atoms with Crippen LogP contribution in [0.3, 0.4) is 0 Å². The fourth-order valence-corrected chi connectivity index (χ4v) is 4.63. The van der Waals surface area contributed by atoms with E-state index >= 15 is 0 Å². The monoisotopic (exact) mass is 619 g/mol. The van der Waals surface area contributed by atoms with E-state index in [9.17, 15) is 50.0 Å². The molecule has 1 saturated carbocycles. The molecule has 43 heavy (non-hydrogen) atoms. The van der Waals surface area contributed by atoms with Gasteiger partial charge in [0.15, 0.2) is 6.10 Å². The Balaban J connectivity index is 1.68. The molecule has 1 heterocycles. The van der Waals surface area contributed by atoms with E-state index in [4.69, 9.17) is 4.42 Å². The van der Waals surface area contributed by atoms with Gasteiger partial charge in [0, 0.05) is 10.8 Å². The Kier molecular flexibility index (Phi) is 8.65. The maximum absolute atomic E-state index is 14.3. The van der Waals surface area contributed by atoms with E-state index in [2.05, 4.69) is 15.4 Å². The van der Waals surface area contributed by atoms with Crippen LogP contribution in [0.5, 0.6) is 0 Å². The van der Waals surface area contributed by atoms with Crippen LogP contribution >= 0.6 is 0 Å². The number of hydrogen-bond acceptors (Lipinski definition) is 6. The molecule has 0 radical (unpaired) electrons. The number of carbonyl (C=O) groups is 2. The van der Waals surface area contributed by atoms with E-state index in [1.807, 2.05) is 6.07 Å². The molecule has 1 aromatic heterocycles. The third-order valence-electron chi connectivity index (χ3n) is 6.92. The molecule has 15 heteroatoms. The molecule has 0 spiro atoms. The highest BCUT2D eigenvalue weighted by atomic mass is 19.4. The van der Waals surface area contributed by atoms with Crippen LogP contribution in [-0.4, -0.2) is 42.2 Å². The van der Waals surface area contributed by atoms with Crippen LogP contribution in [-0.2, 0) is 14.3 Å². The molecule has 3 aromatic rings. The van der Waals surface area contributed by atoms with E-state index in [0.29, 0.717) is 12.8 Å². The van der Waals surface area contributed by atoms with Crippen LogP contribution in [0.1, 0.15) is 56.4 Å². The van der Waals surface area contributed by atoms with Crippen LogP contribution in [0.2, 0.25) is 0 Å². The van der Waals surface area contributed by atoms with Crippen molar-refractivity contribution in [3.8, 4) is 6.07 Å². The lowest BCUT2D eigenvalue weighted by Gasteiger charge is -2.29. The maximum atomic E-state index is 14.3. The van der Waals surface area contributed by atoms with Gasteiger partial charge in [-0.05, 0) is 54.5 Å². The summed E-state index contributed by atoms with van der Waals surface area (Å²) in [7, 11) is 0. The minimum atomic E-state index is -5.51. The summed E-state index contributed by atoms with van der Waals surface area (Å²) in [5.74, 6) is -3.75. The topological polar surface area (TPSA) is 104 Å². The van der Waals surface area contributed by atoms with Crippen molar-refractivity contribution in [2.45, 2.75) is 75.6 Å². The Morgan fingerprint density at radius 3 is 2.19 bits per heavy atom. The first-order valence-corrected chi connectivity index (χ1v) is 13.0. The van der Waals surface area contributed by atoms with Gasteiger partial charge in [0.05, 0.1) is 12.1 Å². The van der Waals surface area contributed by atoms with Gasteiger partial charge < -0.3 is 14.5 Å². The molecule has 1 unspecified atom stereocenters. The number of furan rings is 1. The van der Waals surface area contributed by atoms with Crippen LogP contribution < -0.4 is 10.6 Å². The first-order valence-electron chi connectivity index (χ1n) is 13.0. The summed E-state index contributed by atoms with van der Waals surface area (Å²) in [5.41, 5.74) is -2.01. The molecule has 0 bridgehead atoms. The highest BCUT2D eigenvalue weighted by Gasteiger charge is 2.48. The Labute approximate surface area is 239 Å². The van der Waals surface area contributed by atoms with Gasteiger partial charge in [-0.3, -0.25) is 10.1 Å². The van der Waals surface area contributed by atoms with Crippen LogP contribution in [0, 0.1) is 17.2 Å². The molecular weight excluding hydrogens is 594 g/mol. The summed E-state index contributed by atoms with van der Waals surface area (Å²) in [6.07, 6.45) is -15.7. The Hall–Kier alpha value is -3.93. The highest BCUT2D eigenvalue weighted by Crippen LogP contribution is 2.39. The SMILES string of the molecule is CC(C)C[C@H](N[C@@H](c1ccc2c(c1)oc1ccc(C(OC(=O)C(F)(F)F)C(F)F)cc12)C(F)(F)F)C(=O)NC1(C#N)CC1. The van der Waals surface area contributed by atoms with E-state index in [1.54, 1.807) is 13.8 Å². The largest absolute Gasteiger partial charge is 0.490 e. The quantitative estimate of drug-likeness (QED) is 0.192. The van der Waals surface area contributed by atoms with Gasteiger partial charge in [-0.25, -0.2) is 13.6 Å². The Bertz CT molecular complexity index is 1550. The van der Waals surface area contributed by atoms with Gasteiger partial charge in [0.25, 0.3) is 6.43 Å². The van der Waals surface area contributed by atoms with E-state index in [1.165, 1.54) is 6.07 Å². The van der Waals surface area contributed by atoms with Crippen LogP contribution in [0.15, 0.2) is 40.8 Å². The molecule has 7 nitrogen and oxygen atoms in total. The Morgan fingerprint density at radius 2 is 1.65 bits per heavy atom. The first-order chi connectivity index (χ1) is 19.9. The number of benzene rings is 2. The minimum Gasteiger partial charge on any atom is -0.456 e. The zero-order chi connectivity index (χ0) is 31.9. The molecule has 2 N–H and O–H groups in total. The second kappa shape index (κ2) is 11.6. The number of hydrogen-bond donors (Lipinski definition) is 2. The smallest absolute Gasteiger partial charge is 0.456 e. The molecular formula is C28H25F8N3O4. The number of nitriles is 1. The first kappa shape index (κ1) is 32.0. The van der Waals surface area contributed by atoms with Gasteiger partial charge in [0.2, 0.25) is 5.91 Å². The number of amides is 1. The van der Waals surface area contributed by atoms with E-state index in [0.717, 1.165) is 30.3 Å². The average molecular weight is 620 g/mol. The van der Waals surface area contributed by atoms with Gasteiger partial charge in [0.1, 0.15) is 22.7 Å². The van der Waals surface area contributed by atoms with E-state index in [-0.39, 0.29) is 39.8 Å². The summed E-state index contributed by atoms with van der Waals surface area (Å²) in [4.78, 5) is 24.1. The summed E-state index contributed by atoms with van der Waals surface area (Å²) < 4.78 is 118. The number of esters is 1. The molecule has 1 fully saturated rings. The molecule has 0 saturated heterocycles. The molecule has 0 aliphatic heterocycles. The maximum Gasteiger partial charge on any atom is 0.490 e. The average Bonchev–Trinajstić information content (AvgIpc) is 3.58. The molecule has 1 amide bonds. The zero-order valence-corrected chi connectivity index (χ0v) is 22.6. The number of rotatable bonds is 10. The normalized spacial score (nSPS) is 17.1. The van der Waals surface area contributed by atoms with Crippen molar-refractivity contribution in [1.29, 1.82) is 5.26 Å². The van der Waals surface area contributed by atoms with Crippen molar-refractivity contribution in [1.82, 2.24) is 10.6 Å². The highest BCUT2D eigenvalue weighted by molar-refractivity contribution is 6.05. The number of carbonyl (C=O) groups excluding carboxylic acids is 2. The molecule has 1 aliphatic carbocycles. The minimum absolute atomic E-state index is 0.0193. The molecule has 1 aliphatic rings. The summed E-state index contributed by atoms with van der Waals surface area (Å²) in [6.45, 7) is 3.44. The lowest BCUT2D eigenvalue weighted by Crippen LogP contribution is -2.52. The van der Waals surface area contributed by atoms with Gasteiger partial charge in [-0.1, -0.05) is 32.0 Å². The molecule has 4 rings (SSSR count). The van der Waals surface area contributed by atoms with Gasteiger partial charge >= 0.3 is 18.3 Å². The number of fused-ring (bicyclic) bond motifs is 3. The number of halogens is 8. The third-order valence-corrected chi connectivity index (χ3v) is 6.92. The van der Waals surface area contributed by atoms with Crippen molar-refractivity contribution < 1.29 is 53.9 Å². The summed E-state index contributed by atoms with van der Waals surface area (Å²) >= 11 is 0. The molecule has 232 valence electrons. The zero-order valence-electron chi connectivity index (χ0n) is 22.6. The number of alkyl halides is 8. The molecule has 2 aromatic carbocycles. The fourth-order valence-electron chi connectivity index (χ4n) is 4.63. The summed E-state index contributed by atoms with van der Waals surface area (Å²) in [6, 6.07) is 4.74. The van der Waals surface area contributed by atoms with Crippen molar-refractivity contribution in [3.05, 3.63) is 47.5 Å². The van der Waals surface area contributed by atoms with E-state index < -0.39 is 59.9 Å². The standard InChI is InChI=1S/C28H25F8N3O4/c1-13(2)9-18(24(40)39-26(12-37)7-8-26)38-22(27(31,32)33)15-3-5-16-17-10-14(4-6-19(17)42-20(16)11-15)21(23(29)30)43-25(41)28(34,35)36/h3-6,10-11,13,18,21-23,38H,7-9H2,1-2H3,(H,39,40)/t18-,21?,22-/m0/s1. The lowest BCUT2D eigenvalue weighted by atomic mass is 9.98. The summed E-state index contributed by atoms with van der Waals surface area (Å²) in [5, 5.41) is 14.4. The lowest BCUT2D eigenvalue weighted by molar-refractivity contribution is -0.211. The predicted molar refractivity (Wildman–Crippen MR) is 136 cm³/mol. The number of nitrogens with one attached hydrogen (secondary N) is 2. The van der Waals surface area contributed by atoms with Crippen LogP contribution in [0.4, 0.5) is 35.1 Å². The third kappa shape index (κ3) is 7.18. The Morgan fingerprint density at radius 1 is 1.00 bits per heavy atom. The second-order valence-corrected chi connectivity index (χ2v) is 10.8. The fraction of sp³-hybridized carbons (Fsp3) is 0.464. The van der Waals surface area contributed by atoms with Crippen molar-refractivity contribution in [2.75, 3.05) is 0 Å². The van der Waals surface area contributed by atoms with Gasteiger partial charge in [-0.15, -0.1) is 0 Å².